The molecule has 0 aliphatic rings. The molecule has 0 saturated heterocycles. The van der Waals surface area contributed by atoms with Crippen LogP contribution in [0.25, 0.3) is 0 Å². The summed E-state index contributed by atoms with van der Waals surface area (Å²) in [6.45, 7) is 2.51. The SMILES string of the molecule is CCCCCNC(=O)CC[C@H](NC(=O)N[C@@H](CCC(=O)O)C(=O)O)C(=O)O. The molecule has 154 valence electrons. The Kier molecular flexibility index (Phi) is 12.0. The zero-order valence-electron chi connectivity index (χ0n) is 15.2. The van der Waals surface area contributed by atoms with E-state index >= 15 is 0 Å². The van der Waals surface area contributed by atoms with E-state index in [0.29, 0.717) is 6.54 Å². The highest BCUT2D eigenvalue weighted by Gasteiger charge is 2.25. The number of carboxylic acid groups (broad SMARTS) is 3. The van der Waals surface area contributed by atoms with E-state index in [-0.39, 0.29) is 25.2 Å². The summed E-state index contributed by atoms with van der Waals surface area (Å²) < 4.78 is 0. The van der Waals surface area contributed by atoms with Gasteiger partial charge in [-0.25, -0.2) is 14.4 Å². The van der Waals surface area contributed by atoms with Crippen molar-refractivity contribution < 1.29 is 39.3 Å². The van der Waals surface area contributed by atoms with E-state index in [1.807, 2.05) is 12.2 Å². The molecule has 0 bridgehead atoms. The van der Waals surface area contributed by atoms with Gasteiger partial charge in [-0.15, -0.1) is 0 Å². The fourth-order valence-electron chi connectivity index (χ4n) is 2.11. The normalized spacial score (nSPS) is 12.5. The standard InChI is InChI=1S/C16H27N3O8/c1-2-3-4-9-17-12(20)7-5-10(14(23)24)18-16(27)19-11(15(25)26)6-8-13(21)22/h10-11H,2-9H2,1H3,(H,17,20)(H,21,22)(H,23,24)(H,25,26)(H2,18,19,27)/t10-,11-/m0/s1. The van der Waals surface area contributed by atoms with Crippen molar-refractivity contribution in [3.63, 3.8) is 0 Å². The Morgan fingerprint density at radius 3 is 1.78 bits per heavy atom. The van der Waals surface area contributed by atoms with Crippen molar-refractivity contribution in [1.29, 1.82) is 0 Å². The number of hydrogen-bond acceptors (Lipinski definition) is 5. The van der Waals surface area contributed by atoms with Gasteiger partial charge >= 0.3 is 23.9 Å². The van der Waals surface area contributed by atoms with Crippen LogP contribution in [0.3, 0.4) is 0 Å². The lowest BCUT2D eigenvalue weighted by molar-refractivity contribution is -0.141. The van der Waals surface area contributed by atoms with E-state index < -0.39 is 42.4 Å². The van der Waals surface area contributed by atoms with Crippen LogP contribution in [0.2, 0.25) is 0 Å². The molecule has 0 rings (SSSR count). The molecule has 11 nitrogen and oxygen atoms in total. The van der Waals surface area contributed by atoms with E-state index in [2.05, 4.69) is 10.6 Å². The summed E-state index contributed by atoms with van der Waals surface area (Å²) in [7, 11) is 0. The number of nitrogens with one attached hydrogen (secondary N) is 3. The Bertz CT molecular complexity index is 538. The number of amides is 3. The van der Waals surface area contributed by atoms with Crippen LogP contribution < -0.4 is 16.0 Å². The summed E-state index contributed by atoms with van der Waals surface area (Å²) in [5.41, 5.74) is 0. The van der Waals surface area contributed by atoms with Gasteiger partial charge in [-0.2, -0.15) is 0 Å². The number of carbonyl (C=O) groups is 5. The minimum Gasteiger partial charge on any atom is -0.481 e. The second kappa shape index (κ2) is 13.4. The van der Waals surface area contributed by atoms with Crippen molar-refractivity contribution in [3.05, 3.63) is 0 Å². The van der Waals surface area contributed by atoms with Gasteiger partial charge in [-0.1, -0.05) is 19.8 Å². The summed E-state index contributed by atoms with van der Waals surface area (Å²) in [4.78, 5) is 56.2. The molecule has 0 saturated carbocycles. The Labute approximate surface area is 156 Å². The monoisotopic (exact) mass is 389 g/mol. The first kappa shape index (κ1) is 24.1. The Morgan fingerprint density at radius 1 is 0.815 bits per heavy atom. The molecule has 0 aromatic heterocycles. The molecule has 11 heteroatoms. The Balaban J connectivity index is 4.47. The number of unbranched alkanes of at least 4 members (excludes halogenated alkanes) is 2. The zero-order chi connectivity index (χ0) is 20.8. The highest BCUT2D eigenvalue weighted by Crippen LogP contribution is 2.01. The predicted octanol–water partition coefficient (Wildman–Crippen LogP) is 0.143. The number of carboxylic acids is 3. The minimum absolute atomic E-state index is 0.120. The van der Waals surface area contributed by atoms with Crippen molar-refractivity contribution in [2.24, 2.45) is 0 Å². The molecule has 6 N–H and O–H groups in total. The lowest BCUT2D eigenvalue weighted by atomic mass is 10.1. The molecular formula is C16H27N3O8. The van der Waals surface area contributed by atoms with Gasteiger partial charge in [0, 0.05) is 19.4 Å². The van der Waals surface area contributed by atoms with E-state index in [4.69, 9.17) is 15.3 Å². The minimum atomic E-state index is -1.47. The molecule has 0 aromatic carbocycles. The molecule has 0 aliphatic carbocycles. The second-order valence-electron chi connectivity index (χ2n) is 5.93. The fraction of sp³-hybridized carbons (Fsp3) is 0.688. The first-order valence-electron chi connectivity index (χ1n) is 8.68. The van der Waals surface area contributed by atoms with Gasteiger partial charge < -0.3 is 31.3 Å². The maximum Gasteiger partial charge on any atom is 0.326 e. The molecule has 0 unspecified atom stereocenters. The largest absolute Gasteiger partial charge is 0.481 e. The Morgan fingerprint density at radius 2 is 1.33 bits per heavy atom. The van der Waals surface area contributed by atoms with Gasteiger partial charge in [0.15, 0.2) is 0 Å². The van der Waals surface area contributed by atoms with Crippen LogP contribution >= 0.6 is 0 Å². The van der Waals surface area contributed by atoms with Crippen molar-refractivity contribution in [3.8, 4) is 0 Å². The fourth-order valence-corrected chi connectivity index (χ4v) is 2.11. The molecule has 0 aromatic rings. The molecule has 0 radical (unpaired) electrons. The number of aliphatic carboxylic acids is 3. The van der Waals surface area contributed by atoms with Crippen LogP contribution in [-0.2, 0) is 19.2 Å². The first-order chi connectivity index (χ1) is 12.7. The van der Waals surface area contributed by atoms with Gasteiger partial charge in [-0.3, -0.25) is 9.59 Å². The van der Waals surface area contributed by atoms with Gasteiger partial charge in [0.05, 0.1) is 0 Å². The van der Waals surface area contributed by atoms with E-state index in [1.165, 1.54) is 0 Å². The summed E-state index contributed by atoms with van der Waals surface area (Å²) in [6, 6.07) is -3.93. The number of rotatable bonds is 14. The quantitative estimate of drug-likeness (QED) is 0.227. The van der Waals surface area contributed by atoms with Crippen LogP contribution in [0, 0.1) is 0 Å². The summed E-state index contributed by atoms with van der Waals surface area (Å²) in [5.74, 6) is -4.38. The average molecular weight is 389 g/mol. The molecule has 2 atom stereocenters. The van der Waals surface area contributed by atoms with Crippen molar-refractivity contribution in [2.45, 2.75) is 64.0 Å². The van der Waals surface area contributed by atoms with Gasteiger partial charge in [0.1, 0.15) is 12.1 Å². The zero-order valence-corrected chi connectivity index (χ0v) is 15.2. The second-order valence-corrected chi connectivity index (χ2v) is 5.93. The highest BCUT2D eigenvalue weighted by atomic mass is 16.4. The smallest absolute Gasteiger partial charge is 0.326 e. The molecule has 0 aliphatic heterocycles. The highest BCUT2D eigenvalue weighted by molar-refractivity contribution is 5.86. The van der Waals surface area contributed by atoms with Crippen molar-refractivity contribution in [2.75, 3.05) is 6.54 Å². The topological polar surface area (TPSA) is 182 Å². The average Bonchev–Trinajstić information content (AvgIpc) is 2.58. The molecular weight excluding hydrogens is 362 g/mol. The lowest BCUT2D eigenvalue weighted by Gasteiger charge is -2.18. The maximum absolute atomic E-state index is 11.8. The summed E-state index contributed by atoms with van der Waals surface area (Å²) in [5, 5.41) is 33.4. The predicted molar refractivity (Wildman–Crippen MR) is 93.2 cm³/mol. The van der Waals surface area contributed by atoms with Gasteiger partial charge in [0.2, 0.25) is 5.91 Å². The van der Waals surface area contributed by atoms with E-state index in [9.17, 15) is 24.0 Å². The first-order valence-corrected chi connectivity index (χ1v) is 8.68. The third-order valence-electron chi connectivity index (χ3n) is 3.62. The third kappa shape index (κ3) is 12.2. The van der Waals surface area contributed by atoms with Crippen molar-refractivity contribution in [1.82, 2.24) is 16.0 Å². The molecule has 0 heterocycles. The van der Waals surface area contributed by atoms with Crippen LogP contribution in [0.4, 0.5) is 4.79 Å². The van der Waals surface area contributed by atoms with Crippen LogP contribution in [0.1, 0.15) is 51.9 Å². The van der Waals surface area contributed by atoms with Crippen LogP contribution in [-0.4, -0.2) is 63.8 Å². The number of hydrogen-bond donors (Lipinski definition) is 6. The molecule has 0 spiro atoms. The van der Waals surface area contributed by atoms with Crippen LogP contribution in [0.5, 0.6) is 0 Å². The van der Waals surface area contributed by atoms with Crippen molar-refractivity contribution >= 4 is 29.8 Å². The van der Waals surface area contributed by atoms with Gasteiger partial charge in [0.25, 0.3) is 0 Å². The number of urea groups is 1. The Hall–Kier alpha value is -2.85. The van der Waals surface area contributed by atoms with E-state index in [0.717, 1.165) is 19.3 Å². The lowest BCUT2D eigenvalue weighted by Crippen LogP contribution is -2.51. The third-order valence-corrected chi connectivity index (χ3v) is 3.62. The molecule has 0 fully saturated rings. The number of carbonyl (C=O) groups excluding carboxylic acids is 2. The van der Waals surface area contributed by atoms with Crippen LogP contribution in [0.15, 0.2) is 0 Å². The van der Waals surface area contributed by atoms with Gasteiger partial charge in [-0.05, 0) is 19.3 Å². The summed E-state index contributed by atoms with van der Waals surface area (Å²) in [6.07, 6.45) is 1.66. The van der Waals surface area contributed by atoms with E-state index in [1.54, 1.807) is 0 Å². The molecule has 3 amide bonds. The maximum atomic E-state index is 11.8. The molecule has 27 heavy (non-hydrogen) atoms. The summed E-state index contributed by atoms with van der Waals surface area (Å²) >= 11 is 0.